The number of benzene rings is 1. The summed E-state index contributed by atoms with van der Waals surface area (Å²) in [7, 11) is 3.22. The van der Waals surface area contributed by atoms with Gasteiger partial charge in [0.25, 0.3) is 0 Å². The highest BCUT2D eigenvalue weighted by Gasteiger charge is 2.11. The maximum Gasteiger partial charge on any atom is 0.146 e. The van der Waals surface area contributed by atoms with Crippen LogP contribution in [0.2, 0.25) is 0 Å². The number of hydrogen-bond donors (Lipinski definition) is 1. The van der Waals surface area contributed by atoms with Gasteiger partial charge in [0.15, 0.2) is 0 Å². The Morgan fingerprint density at radius 2 is 1.78 bits per heavy atom. The monoisotopic (exact) mass is 257 g/mol. The molecule has 1 aromatic rings. The molecule has 1 rings (SSSR count). The van der Waals surface area contributed by atoms with Gasteiger partial charge in [0.05, 0.1) is 25.5 Å². The molecule has 5 heteroatoms. The van der Waals surface area contributed by atoms with Gasteiger partial charge in [0, 0.05) is 27.3 Å². The predicted octanol–water partition coefficient (Wildman–Crippen LogP) is 1.42. The van der Waals surface area contributed by atoms with E-state index in [1.807, 2.05) is 4.90 Å². The number of aliphatic hydroxyl groups excluding tert-OH is 1. The van der Waals surface area contributed by atoms with Crippen molar-refractivity contribution < 1.29 is 19.0 Å². The molecule has 4 nitrogen and oxygen atoms in total. The van der Waals surface area contributed by atoms with Crippen molar-refractivity contribution in [1.29, 1.82) is 0 Å². The van der Waals surface area contributed by atoms with Crippen LogP contribution in [-0.4, -0.2) is 45.6 Å². The summed E-state index contributed by atoms with van der Waals surface area (Å²) in [6.45, 7) is 2.06. The second-order valence-corrected chi connectivity index (χ2v) is 3.92. The molecule has 0 saturated carbocycles. The molecule has 0 atom stereocenters. The molecular formula is C13H20FNO3. The van der Waals surface area contributed by atoms with E-state index in [9.17, 15) is 4.39 Å². The number of hydrogen-bond acceptors (Lipinski definition) is 4. The van der Waals surface area contributed by atoms with E-state index in [0.717, 1.165) is 0 Å². The molecule has 0 heterocycles. The van der Waals surface area contributed by atoms with E-state index in [4.69, 9.17) is 14.6 Å². The Balaban J connectivity index is 2.82. The second kappa shape index (κ2) is 8.02. The summed E-state index contributed by atoms with van der Waals surface area (Å²) in [6.07, 6.45) is 0. The van der Waals surface area contributed by atoms with E-state index >= 15 is 0 Å². The van der Waals surface area contributed by atoms with Gasteiger partial charge < -0.3 is 19.5 Å². The summed E-state index contributed by atoms with van der Waals surface area (Å²) in [5.74, 6) is -0.339. The van der Waals surface area contributed by atoms with E-state index in [-0.39, 0.29) is 12.4 Å². The Morgan fingerprint density at radius 1 is 1.17 bits per heavy atom. The lowest BCUT2D eigenvalue weighted by atomic mass is 10.2. The lowest BCUT2D eigenvalue weighted by Gasteiger charge is -2.24. The molecule has 0 saturated heterocycles. The highest BCUT2D eigenvalue weighted by Crippen LogP contribution is 2.20. The first-order chi connectivity index (χ1) is 8.72. The number of halogens is 1. The molecule has 0 aliphatic rings. The van der Waals surface area contributed by atoms with Crippen LogP contribution in [0.4, 0.5) is 10.1 Å². The van der Waals surface area contributed by atoms with Crippen LogP contribution in [0.3, 0.4) is 0 Å². The Morgan fingerprint density at radius 3 is 2.22 bits per heavy atom. The summed E-state index contributed by atoms with van der Waals surface area (Å²) in [5, 5.41) is 8.95. The summed E-state index contributed by atoms with van der Waals surface area (Å²) in [4.78, 5) is 1.86. The molecule has 0 aromatic heterocycles. The van der Waals surface area contributed by atoms with Crippen molar-refractivity contribution in [2.24, 2.45) is 0 Å². The molecule has 102 valence electrons. The number of nitrogens with zero attached hydrogens (tertiary/aromatic N) is 1. The minimum atomic E-state index is -0.339. The zero-order valence-corrected chi connectivity index (χ0v) is 10.9. The van der Waals surface area contributed by atoms with E-state index < -0.39 is 0 Å². The standard InChI is InChI=1S/C13H20FNO3/c1-17-7-5-15(6-8-18-2)13-4-3-11(10-16)9-12(13)14/h3-4,9,16H,5-8,10H2,1-2H3. The highest BCUT2D eigenvalue weighted by molar-refractivity contribution is 5.49. The fraction of sp³-hybridized carbons (Fsp3) is 0.538. The lowest BCUT2D eigenvalue weighted by Crippen LogP contribution is -2.31. The molecule has 0 unspecified atom stereocenters. The average molecular weight is 257 g/mol. The Bertz CT molecular complexity index is 352. The molecule has 0 radical (unpaired) electrons. The Labute approximate surface area is 107 Å². The van der Waals surface area contributed by atoms with Gasteiger partial charge in [0.1, 0.15) is 5.82 Å². The molecule has 0 amide bonds. The number of rotatable bonds is 8. The number of ether oxygens (including phenoxy) is 2. The third-order valence-electron chi connectivity index (χ3n) is 2.67. The predicted molar refractivity (Wildman–Crippen MR) is 68.3 cm³/mol. The van der Waals surface area contributed by atoms with E-state index in [2.05, 4.69) is 0 Å². The summed E-state index contributed by atoms with van der Waals surface area (Å²) < 4.78 is 23.9. The molecular weight excluding hydrogens is 237 g/mol. The van der Waals surface area contributed by atoms with Crippen molar-refractivity contribution in [2.45, 2.75) is 6.61 Å². The fourth-order valence-corrected chi connectivity index (χ4v) is 1.66. The minimum Gasteiger partial charge on any atom is -0.392 e. The van der Waals surface area contributed by atoms with Crippen LogP contribution in [0.15, 0.2) is 18.2 Å². The van der Waals surface area contributed by atoms with Gasteiger partial charge in [-0.25, -0.2) is 4.39 Å². The van der Waals surface area contributed by atoms with E-state index in [1.54, 1.807) is 26.4 Å². The van der Waals surface area contributed by atoms with Gasteiger partial charge in [-0.05, 0) is 17.7 Å². The van der Waals surface area contributed by atoms with Crippen LogP contribution in [0.25, 0.3) is 0 Å². The zero-order valence-electron chi connectivity index (χ0n) is 10.9. The molecule has 0 bridgehead atoms. The van der Waals surface area contributed by atoms with Crippen molar-refractivity contribution in [2.75, 3.05) is 45.4 Å². The molecule has 0 spiro atoms. The first kappa shape index (κ1) is 14.9. The van der Waals surface area contributed by atoms with Gasteiger partial charge >= 0.3 is 0 Å². The summed E-state index contributed by atoms with van der Waals surface area (Å²) in [5.41, 5.74) is 1.07. The maximum absolute atomic E-state index is 13.9. The van der Waals surface area contributed by atoms with Crippen LogP contribution in [0.5, 0.6) is 0 Å². The molecule has 1 N–H and O–H groups in total. The van der Waals surface area contributed by atoms with Crippen molar-refractivity contribution >= 4 is 5.69 Å². The lowest BCUT2D eigenvalue weighted by molar-refractivity contribution is 0.190. The largest absolute Gasteiger partial charge is 0.392 e. The quantitative estimate of drug-likeness (QED) is 0.764. The first-order valence-electron chi connectivity index (χ1n) is 5.85. The van der Waals surface area contributed by atoms with Gasteiger partial charge in [-0.3, -0.25) is 0 Å². The molecule has 0 fully saturated rings. The minimum absolute atomic E-state index is 0.159. The fourth-order valence-electron chi connectivity index (χ4n) is 1.66. The highest BCUT2D eigenvalue weighted by atomic mass is 19.1. The van der Waals surface area contributed by atoms with Crippen molar-refractivity contribution in [1.82, 2.24) is 0 Å². The van der Waals surface area contributed by atoms with Gasteiger partial charge in [0.2, 0.25) is 0 Å². The summed E-state index contributed by atoms with van der Waals surface area (Å²) in [6, 6.07) is 4.74. The van der Waals surface area contributed by atoms with Crippen molar-refractivity contribution in [3.63, 3.8) is 0 Å². The second-order valence-electron chi connectivity index (χ2n) is 3.92. The molecule has 0 aliphatic heterocycles. The smallest absolute Gasteiger partial charge is 0.146 e. The Kier molecular flexibility index (Phi) is 6.64. The van der Waals surface area contributed by atoms with Crippen LogP contribution in [0, 0.1) is 5.82 Å². The average Bonchev–Trinajstić information content (AvgIpc) is 2.39. The van der Waals surface area contributed by atoms with Crippen LogP contribution < -0.4 is 4.90 Å². The molecule has 1 aromatic carbocycles. The zero-order chi connectivity index (χ0) is 13.4. The maximum atomic E-state index is 13.9. The normalized spacial score (nSPS) is 10.7. The first-order valence-corrected chi connectivity index (χ1v) is 5.85. The van der Waals surface area contributed by atoms with Crippen LogP contribution in [-0.2, 0) is 16.1 Å². The molecule has 0 aliphatic carbocycles. The van der Waals surface area contributed by atoms with E-state index in [1.165, 1.54) is 6.07 Å². The van der Waals surface area contributed by atoms with Crippen LogP contribution in [0.1, 0.15) is 5.56 Å². The van der Waals surface area contributed by atoms with Gasteiger partial charge in [-0.15, -0.1) is 0 Å². The van der Waals surface area contributed by atoms with Crippen molar-refractivity contribution in [3.8, 4) is 0 Å². The summed E-state index contributed by atoms with van der Waals surface area (Å²) >= 11 is 0. The molecule has 18 heavy (non-hydrogen) atoms. The SMILES string of the molecule is COCCN(CCOC)c1ccc(CO)cc1F. The van der Waals surface area contributed by atoms with Crippen molar-refractivity contribution in [3.05, 3.63) is 29.6 Å². The van der Waals surface area contributed by atoms with Gasteiger partial charge in [-0.1, -0.05) is 6.07 Å². The topological polar surface area (TPSA) is 41.9 Å². The van der Waals surface area contributed by atoms with Crippen LogP contribution >= 0.6 is 0 Å². The third kappa shape index (κ3) is 4.25. The van der Waals surface area contributed by atoms with Gasteiger partial charge in [-0.2, -0.15) is 0 Å². The third-order valence-corrected chi connectivity index (χ3v) is 2.67. The number of methoxy groups -OCH3 is 2. The Hall–Kier alpha value is -1.17. The number of aliphatic hydroxyl groups is 1. The van der Waals surface area contributed by atoms with E-state index in [0.29, 0.717) is 37.6 Å². The number of anilines is 1.